The second-order valence-electron chi connectivity index (χ2n) is 16.0. The van der Waals surface area contributed by atoms with Gasteiger partial charge in [0.05, 0.1) is 27.7 Å². The van der Waals surface area contributed by atoms with Crippen LogP contribution in [0.15, 0.2) is 122 Å². The number of carbonyl (C=O) groups is 2. The number of phosphoric ester groups is 1. The third-order valence-corrected chi connectivity index (χ3v) is 9.97. The molecule has 1 unspecified atom stereocenters. The maximum Gasteiger partial charge on any atom is 0.472 e. The van der Waals surface area contributed by atoms with Crippen LogP contribution in [0.5, 0.6) is 0 Å². The highest BCUT2D eigenvalue weighted by Crippen LogP contribution is 2.43. The number of hydrogen-bond acceptors (Lipinski definition) is 7. The molecule has 0 aliphatic rings. The molecule has 0 rings (SSSR count). The molecule has 0 aromatic heterocycles. The zero-order valence-corrected chi connectivity index (χ0v) is 40.2. The summed E-state index contributed by atoms with van der Waals surface area (Å²) < 4.78 is 34.2. The van der Waals surface area contributed by atoms with Gasteiger partial charge in [-0.25, -0.2) is 4.57 Å². The van der Waals surface area contributed by atoms with Gasteiger partial charge in [0.1, 0.15) is 19.8 Å². The molecule has 0 heterocycles. The minimum Gasteiger partial charge on any atom is -0.462 e. The highest BCUT2D eigenvalue weighted by atomic mass is 31.2. The van der Waals surface area contributed by atoms with Crippen LogP contribution in [0.4, 0.5) is 0 Å². The Labute approximate surface area is 378 Å². The van der Waals surface area contributed by atoms with E-state index < -0.39 is 32.5 Å². The fraction of sp³-hybridized carbons (Fsp3) is 0.577. The summed E-state index contributed by atoms with van der Waals surface area (Å²) in [6.45, 7) is 4.12. The lowest BCUT2D eigenvalue weighted by atomic mass is 10.1. The van der Waals surface area contributed by atoms with Crippen LogP contribution in [0.2, 0.25) is 0 Å². The van der Waals surface area contributed by atoms with Gasteiger partial charge in [0.25, 0.3) is 0 Å². The first-order chi connectivity index (χ1) is 30.0. The molecule has 350 valence electrons. The van der Waals surface area contributed by atoms with Gasteiger partial charge in [0.15, 0.2) is 6.10 Å². The number of quaternary nitrogens is 1. The van der Waals surface area contributed by atoms with Crippen molar-refractivity contribution in [3.05, 3.63) is 122 Å². The molecule has 0 saturated heterocycles. The molecule has 62 heavy (non-hydrogen) atoms. The van der Waals surface area contributed by atoms with Gasteiger partial charge in [-0.05, 0) is 96.3 Å². The van der Waals surface area contributed by atoms with E-state index in [-0.39, 0.29) is 26.1 Å². The molecule has 0 radical (unpaired) electrons. The van der Waals surface area contributed by atoms with Gasteiger partial charge in [0, 0.05) is 12.8 Å². The fourth-order valence-electron chi connectivity index (χ4n) is 5.37. The van der Waals surface area contributed by atoms with Crippen LogP contribution >= 0.6 is 7.82 Å². The summed E-state index contributed by atoms with van der Waals surface area (Å²) in [5.74, 6) is -0.946. The largest absolute Gasteiger partial charge is 0.472 e. The first-order valence-corrected chi connectivity index (χ1v) is 24.8. The lowest BCUT2D eigenvalue weighted by molar-refractivity contribution is -0.870. The number of esters is 2. The van der Waals surface area contributed by atoms with Crippen molar-refractivity contribution in [1.82, 2.24) is 0 Å². The van der Waals surface area contributed by atoms with Crippen LogP contribution in [-0.2, 0) is 32.7 Å². The van der Waals surface area contributed by atoms with Crippen LogP contribution in [0.1, 0.15) is 142 Å². The molecule has 0 aliphatic heterocycles. The zero-order chi connectivity index (χ0) is 45.7. The van der Waals surface area contributed by atoms with E-state index in [4.69, 9.17) is 18.5 Å². The number of rotatable bonds is 40. The minimum absolute atomic E-state index is 0.00505. The highest BCUT2D eigenvalue weighted by molar-refractivity contribution is 7.47. The maximum absolute atomic E-state index is 12.7. The highest BCUT2D eigenvalue weighted by Gasteiger charge is 2.27. The molecule has 9 nitrogen and oxygen atoms in total. The van der Waals surface area contributed by atoms with Crippen molar-refractivity contribution in [3.8, 4) is 0 Å². The van der Waals surface area contributed by atoms with Gasteiger partial charge in [-0.2, -0.15) is 0 Å². The fourth-order valence-corrected chi connectivity index (χ4v) is 6.12. The van der Waals surface area contributed by atoms with E-state index in [0.29, 0.717) is 23.9 Å². The molecule has 1 N–H and O–H groups in total. The van der Waals surface area contributed by atoms with E-state index in [1.807, 2.05) is 33.3 Å². The number of carbonyl (C=O) groups excluding carboxylic acids is 2. The summed E-state index contributed by atoms with van der Waals surface area (Å²) in [7, 11) is 1.39. The quantitative estimate of drug-likeness (QED) is 0.0213. The van der Waals surface area contributed by atoms with Crippen molar-refractivity contribution in [3.63, 3.8) is 0 Å². The number of hydrogen-bond donors (Lipinski definition) is 1. The zero-order valence-electron chi connectivity index (χ0n) is 39.3. The van der Waals surface area contributed by atoms with Crippen molar-refractivity contribution >= 4 is 19.8 Å². The van der Waals surface area contributed by atoms with E-state index in [1.54, 1.807) is 0 Å². The Morgan fingerprint density at radius 2 is 0.952 bits per heavy atom. The number of unbranched alkanes of at least 4 members (excludes halogenated alkanes) is 6. The number of allylic oxidation sites excluding steroid dienone is 20. The van der Waals surface area contributed by atoms with Crippen LogP contribution < -0.4 is 0 Å². The van der Waals surface area contributed by atoms with E-state index in [0.717, 1.165) is 77.0 Å². The Bertz CT molecular complexity index is 1460. The van der Waals surface area contributed by atoms with Crippen LogP contribution in [0.3, 0.4) is 0 Å². The molecular formula is C52H85NO8P+. The number of ether oxygens (including phenoxy) is 2. The topological polar surface area (TPSA) is 108 Å². The molecule has 0 amide bonds. The number of nitrogens with zero attached hydrogens (tertiary/aromatic N) is 1. The second-order valence-corrected chi connectivity index (χ2v) is 17.5. The maximum atomic E-state index is 12.7. The van der Waals surface area contributed by atoms with Gasteiger partial charge in [0.2, 0.25) is 0 Å². The van der Waals surface area contributed by atoms with Gasteiger partial charge < -0.3 is 18.9 Å². The van der Waals surface area contributed by atoms with E-state index in [2.05, 4.69) is 123 Å². The van der Waals surface area contributed by atoms with E-state index in [1.165, 1.54) is 25.7 Å². The average molecular weight is 883 g/mol. The summed E-state index contributed by atoms with van der Waals surface area (Å²) in [6, 6.07) is 0. The van der Waals surface area contributed by atoms with Crippen LogP contribution in [-0.4, -0.2) is 74.9 Å². The Hall–Kier alpha value is -3.59. The van der Waals surface area contributed by atoms with Gasteiger partial charge in [-0.3, -0.25) is 18.6 Å². The smallest absolute Gasteiger partial charge is 0.462 e. The predicted octanol–water partition coefficient (Wildman–Crippen LogP) is 13.7. The summed E-state index contributed by atoms with van der Waals surface area (Å²) in [6.07, 6.45) is 59.8. The minimum atomic E-state index is -4.42. The summed E-state index contributed by atoms with van der Waals surface area (Å²) in [4.78, 5) is 35.4. The van der Waals surface area contributed by atoms with E-state index in [9.17, 15) is 19.0 Å². The lowest BCUT2D eigenvalue weighted by Crippen LogP contribution is -2.37. The van der Waals surface area contributed by atoms with Crippen molar-refractivity contribution in [2.75, 3.05) is 47.5 Å². The average Bonchev–Trinajstić information content (AvgIpc) is 3.23. The monoisotopic (exact) mass is 883 g/mol. The Kier molecular flexibility index (Phi) is 40.2. The van der Waals surface area contributed by atoms with Gasteiger partial charge >= 0.3 is 19.8 Å². The molecule has 0 spiro atoms. The first kappa shape index (κ1) is 58.4. The summed E-state index contributed by atoms with van der Waals surface area (Å²) in [5.41, 5.74) is 0. The van der Waals surface area contributed by atoms with Crippen molar-refractivity contribution < 1.29 is 42.1 Å². The van der Waals surface area contributed by atoms with Crippen molar-refractivity contribution in [2.24, 2.45) is 0 Å². The molecule has 0 aliphatic carbocycles. The van der Waals surface area contributed by atoms with Gasteiger partial charge in [-0.15, -0.1) is 0 Å². The summed E-state index contributed by atoms with van der Waals surface area (Å²) >= 11 is 0. The van der Waals surface area contributed by atoms with Crippen LogP contribution in [0, 0.1) is 0 Å². The van der Waals surface area contributed by atoms with E-state index >= 15 is 0 Å². The number of phosphoric acid groups is 1. The third-order valence-electron chi connectivity index (χ3n) is 8.99. The third kappa shape index (κ3) is 45.9. The first-order valence-electron chi connectivity index (χ1n) is 23.3. The Morgan fingerprint density at radius 3 is 1.40 bits per heavy atom. The molecule has 0 bridgehead atoms. The second kappa shape index (κ2) is 42.7. The molecule has 0 aromatic carbocycles. The lowest BCUT2D eigenvalue weighted by Gasteiger charge is -2.24. The standard InChI is InChI=1S/C52H84NO8P/c1-6-8-10-12-14-16-18-20-22-24-26-28-30-32-34-36-38-40-42-44-51(54)58-48-50(49-60-62(56,57)59-47-46-53(3,4)5)61-52(55)45-43-41-39-37-35-33-31-29-27-25-23-21-19-17-15-13-11-9-7-2/h9,11,14-17,20-23,26-29,32-35,39,41,50H,6-8,10,12-13,18-19,24-25,30-31,36-38,40,42-49H2,1-5H3/p+1/b11-9+,16-14+,17-15+,22-20+,23-21+,28-26+,29-27+,34-32+,35-33+,41-39+/t50-/m1/s1. The molecule has 2 atom stereocenters. The SMILES string of the molecule is CC/C=C/C/C=C/C/C=C/C/C=C/C/C=C/C/C=C/CCC(=O)O[C@H](COC(=O)CCCCC/C=C/C/C=C/C/C=C/C/C=C/CCCCC)COP(=O)(O)OCC[N+](C)(C)C. The predicted molar refractivity (Wildman–Crippen MR) is 261 cm³/mol. The van der Waals surface area contributed by atoms with Crippen LogP contribution in [0.25, 0.3) is 0 Å². The molecule has 0 aromatic rings. The molecule has 0 saturated carbocycles. The Balaban J connectivity index is 4.55. The summed E-state index contributed by atoms with van der Waals surface area (Å²) in [5, 5.41) is 0. The van der Waals surface area contributed by atoms with Crippen molar-refractivity contribution in [2.45, 2.75) is 148 Å². The Morgan fingerprint density at radius 1 is 0.516 bits per heavy atom. The molecule has 0 fully saturated rings. The van der Waals surface area contributed by atoms with Crippen molar-refractivity contribution in [1.29, 1.82) is 0 Å². The van der Waals surface area contributed by atoms with Gasteiger partial charge in [-0.1, -0.05) is 155 Å². The number of likely N-dealkylation sites (N-methyl/N-ethyl adjacent to an activating group) is 1. The normalized spacial score (nSPS) is 14.6. The molecule has 10 heteroatoms. The molecular weight excluding hydrogens is 798 g/mol.